The SMILES string of the molecule is CCOP(=O)(OCC)OCCCCOC(=O)c1ccc(C(F)(F)F)cc1Nc1nc2ncc(CNc3ccc(C(=O)N[C@@H](CCC(=O)O)C(=O)O)cc3)nc2c(=O)[nH]1. The molecule has 0 fully saturated rings. The maximum absolute atomic E-state index is 13.6. The molecule has 0 radical (unpaired) electrons. The Morgan fingerprint density at radius 1 is 0.948 bits per heavy atom. The van der Waals surface area contributed by atoms with Crippen LogP contribution < -0.4 is 21.5 Å². The Bertz CT molecular complexity index is 2200. The van der Waals surface area contributed by atoms with E-state index >= 15 is 0 Å². The van der Waals surface area contributed by atoms with Gasteiger partial charge in [-0.15, -0.1) is 0 Å². The van der Waals surface area contributed by atoms with Gasteiger partial charge in [0.25, 0.3) is 11.5 Å². The summed E-state index contributed by atoms with van der Waals surface area (Å²) in [6.45, 7) is 3.26. The molecular weight excluding hydrogens is 798 g/mol. The summed E-state index contributed by atoms with van der Waals surface area (Å²) in [5.74, 6) is -4.64. The highest BCUT2D eigenvalue weighted by Crippen LogP contribution is 2.49. The lowest BCUT2D eigenvalue weighted by atomic mass is 10.1. The number of anilines is 3. The van der Waals surface area contributed by atoms with Crippen LogP contribution in [0.2, 0.25) is 0 Å². The predicted molar refractivity (Wildman–Crippen MR) is 199 cm³/mol. The number of rotatable bonds is 22. The van der Waals surface area contributed by atoms with E-state index in [1.807, 2.05) is 0 Å². The van der Waals surface area contributed by atoms with Gasteiger partial charge in [-0.05, 0) is 75.6 Å². The largest absolute Gasteiger partial charge is 0.481 e. The molecule has 2 heterocycles. The number of aliphatic carboxylic acids is 2. The quantitative estimate of drug-likeness (QED) is 0.0334. The van der Waals surface area contributed by atoms with Gasteiger partial charge in [0.2, 0.25) is 5.95 Å². The lowest BCUT2D eigenvalue weighted by Crippen LogP contribution is -2.41. The number of ether oxygens (including phenoxy) is 1. The van der Waals surface area contributed by atoms with Gasteiger partial charge in [0.15, 0.2) is 11.2 Å². The summed E-state index contributed by atoms with van der Waals surface area (Å²) in [6.07, 6.45) is -3.72. The second-order valence-corrected chi connectivity index (χ2v) is 13.7. The highest BCUT2D eigenvalue weighted by Gasteiger charge is 2.32. The first-order chi connectivity index (χ1) is 27.5. The van der Waals surface area contributed by atoms with Gasteiger partial charge in [-0.2, -0.15) is 18.2 Å². The van der Waals surface area contributed by atoms with Crippen LogP contribution in [-0.4, -0.2) is 86.4 Å². The number of unbranched alkanes of at least 4 members (excludes halogenated alkanes) is 1. The number of hydrogen-bond acceptors (Lipinski definition) is 15. The van der Waals surface area contributed by atoms with Crippen molar-refractivity contribution in [1.29, 1.82) is 0 Å². The third kappa shape index (κ3) is 13.0. The first kappa shape index (κ1) is 44.8. The molecule has 0 aliphatic rings. The lowest BCUT2D eigenvalue weighted by Gasteiger charge is -2.16. The van der Waals surface area contributed by atoms with Crippen LogP contribution >= 0.6 is 7.82 Å². The predicted octanol–water partition coefficient (Wildman–Crippen LogP) is 5.27. The number of aromatic nitrogens is 4. The van der Waals surface area contributed by atoms with Crippen LogP contribution in [-0.2, 0) is 45.2 Å². The van der Waals surface area contributed by atoms with E-state index in [9.17, 15) is 46.8 Å². The van der Waals surface area contributed by atoms with Gasteiger partial charge in [-0.1, -0.05) is 0 Å². The summed E-state index contributed by atoms with van der Waals surface area (Å²) in [7, 11) is -3.73. The van der Waals surface area contributed by atoms with E-state index in [1.165, 1.54) is 30.5 Å². The monoisotopic (exact) mass is 837 g/mol. The number of phosphoric ester groups is 1. The number of benzene rings is 2. The maximum atomic E-state index is 13.6. The molecule has 0 aliphatic heterocycles. The number of nitrogens with zero attached hydrogens (tertiary/aromatic N) is 3. The van der Waals surface area contributed by atoms with Crippen LogP contribution in [0.4, 0.5) is 30.5 Å². The van der Waals surface area contributed by atoms with Crippen molar-refractivity contribution < 1.29 is 65.4 Å². The molecule has 0 saturated heterocycles. The lowest BCUT2D eigenvalue weighted by molar-refractivity contribution is -0.141. The van der Waals surface area contributed by atoms with Crippen molar-refractivity contribution in [3.63, 3.8) is 0 Å². The minimum atomic E-state index is -4.78. The Morgan fingerprint density at radius 2 is 1.64 bits per heavy atom. The number of carbonyl (C=O) groups is 4. The third-order valence-corrected chi connectivity index (χ3v) is 9.40. The molecule has 1 atom stereocenters. The summed E-state index contributed by atoms with van der Waals surface area (Å²) >= 11 is 0. The molecule has 0 aliphatic carbocycles. The summed E-state index contributed by atoms with van der Waals surface area (Å²) in [5, 5.41) is 25.9. The molecule has 312 valence electrons. The van der Waals surface area contributed by atoms with E-state index in [0.717, 1.165) is 6.07 Å². The zero-order valence-electron chi connectivity index (χ0n) is 31.0. The van der Waals surface area contributed by atoms with Crippen LogP contribution in [0.1, 0.15) is 71.5 Å². The normalized spacial score (nSPS) is 12.2. The topological polar surface area (TPSA) is 270 Å². The fraction of sp³-hybridized carbons (Fsp3) is 0.371. The van der Waals surface area contributed by atoms with Crippen LogP contribution in [0.25, 0.3) is 11.2 Å². The molecule has 0 unspecified atom stereocenters. The number of amides is 1. The number of nitrogens with one attached hydrogen (secondary N) is 4. The molecule has 23 heteroatoms. The van der Waals surface area contributed by atoms with Gasteiger partial charge in [0.1, 0.15) is 6.04 Å². The van der Waals surface area contributed by atoms with Gasteiger partial charge >= 0.3 is 31.9 Å². The number of fused-ring (bicyclic) bond motifs is 1. The highest BCUT2D eigenvalue weighted by molar-refractivity contribution is 7.48. The van der Waals surface area contributed by atoms with Gasteiger partial charge in [0.05, 0.1) is 61.7 Å². The number of alkyl halides is 3. The van der Waals surface area contributed by atoms with Crippen LogP contribution in [0.3, 0.4) is 0 Å². The van der Waals surface area contributed by atoms with Crippen molar-refractivity contribution in [3.8, 4) is 0 Å². The molecule has 0 bridgehead atoms. The number of carbonyl (C=O) groups excluding carboxylic acids is 2. The fourth-order valence-electron chi connectivity index (χ4n) is 4.98. The summed E-state index contributed by atoms with van der Waals surface area (Å²) in [5.41, 5.74) is -2.08. The van der Waals surface area contributed by atoms with E-state index in [4.69, 9.17) is 23.4 Å². The zero-order chi connectivity index (χ0) is 42.5. The number of phosphoric acid groups is 1. The Balaban J connectivity index is 1.40. The van der Waals surface area contributed by atoms with E-state index in [-0.39, 0.29) is 91.9 Å². The summed E-state index contributed by atoms with van der Waals surface area (Å²) in [4.78, 5) is 75.6. The minimum Gasteiger partial charge on any atom is -0.481 e. The summed E-state index contributed by atoms with van der Waals surface area (Å²) < 4.78 is 73.8. The second kappa shape index (κ2) is 20.5. The number of carboxylic acids is 2. The fourth-order valence-corrected chi connectivity index (χ4v) is 6.19. The molecular formula is C35H39F3N7O12P. The summed E-state index contributed by atoms with van der Waals surface area (Å²) in [6, 6.07) is 6.72. The van der Waals surface area contributed by atoms with Crippen molar-refractivity contribution in [3.05, 3.63) is 81.4 Å². The number of carboxylic acid groups (broad SMARTS) is 2. The molecule has 2 aromatic carbocycles. The van der Waals surface area contributed by atoms with E-state index in [2.05, 4.69) is 35.9 Å². The molecule has 4 rings (SSSR count). The average molecular weight is 838 g/mol. The number of H-pyrrole nitrogens is 1. The smallest absolute Gasteiger partial charge is 0.474 e. The van der Waals surface area contributed by atoms with Crippen molar-refractivity contribution in [2.45, 2.75) is 58.3 Å². The molecule has 19 nitrogen and oxygen atoms in total. The van der Waals surface area contributed by atoms with E-state index in [0.29, 0.717) is 17.8 Å². The molecule has 0 spiro atoms. The van der Waals surface area contributed by atoms with Gasteiger partial charge in [-0.3, -0.25) is 32.9 Å². The number of halogens is 3. The number of aromatic amines is 1. The molecule has 6 N–H and O–H groups in total. The van der Waals surface area contributed by atoms with Crippen LogP contribution in [0.5, 0.6) is 0 Å². The molecule has 4 aromatic rings. The van der Waals surface area contributed by atoms with Crippen molar-refractivity contribution in [1.82, 2.24) is 25.3 Å². The molecule has 2 aromatic heterocycles. The Hall–Kier alpha value is -5.96. The van der Waals surface area contributed by atoms with Crippen molar-refractivity contribution in [2.75, 3.05) is 37.1 Å². The van der Waals surface area contributed by atoms with Crippen LogP contribution in [0, 0.1) is 0 Å². The standard InChI is InChI=1S/C35H39F3N7O12P/c1-3-55-58(53,56-4-2)57-16-6-5-15-54-33(52)24-12-9-21(35(36,37)38)17-26(24)43-34-44-29-28(31(49)45-34)41-23(19-40-29)18-39-22-10-7-20(8-11-22)30(48)42-25(32(50)51)13-14-27(46)47/h7-12,17,19,25,39H,3-6,13-16,18H2,1-2H3,(H,42,48)(H,46,47)(H,50,51)(H2,40,43,44,45,49)/t25-/m0/s1. The second-order valence-electron chi connectivity index (χ2n) is 12.0. The number of esters is 1. The Labute approximate surface area is 327 Å². The Morgan fingerprint density at radius 3 is 2.28 bits per heavy atom. The minimum absolute atomic E-state index is 0.0360. The van der Waals surface area contributed by atoms with Gasteiger partial charge < -0.3 is 30.9 Å². The van der Waals surface area contributed by atoms with Crippen molar-refractivity contribution >= 4 is 60.1 Å². The first-order valence-electron chi connectivity index (χ1n) is 17.6. The number of hydrogen-bond donors (Lipinski definition) is 6. The van der Waals surface area contributed by atoms with Gasteiger partial charge in [0, 0.05) is 17.7 Å². The molecule has 58 heavy (non-hydrogen) atoms. The van der Waals surface area contributed by atoms with E-state index in [1.54, 1.807) is 13.8 Å². The van der Waals surface area contributed by atoms with Gasteiger partial charge in [-0.25, -0.2) is 24.1 Å². The third-order valence-electron chi connectivity index (χ3n) is 7.75. The zero-order valence-corrected chi connectivity index (χ0v) is 31.9. The van der Waals surface area contributed by atoms with E-state index < -0.39 is 61.4 Å². The maximum Gasteiger partial charge on any atom is 0.474 e. The van der Waals surface area contributed by atoms with Crippen LogP contribution in [0.15, 0.2) is 53.5 Å². The highest BCUT2D eigenvalue weighted by atomic mass is 31.2. The molecule has 0 saturated carbocycles. The average Bonchev–Trinajstić information content (AvgIpc) is 3.16. The Kier molecular flexibility index (Phi) is 15.8. The molecule has 1 amide bonds. The first-order valence-corrected chi connectivity index (χ1v) is 19.0. The van der Waals surface area contributed by atoms with Crippen molar-refractivity contribution in [2.24, 2.45) is 0 Å².